The van der Waals surface area contributed by atoms with Crippen molar-refractivity contribution in [2.75, 3.05) is 25.9 Å². The molecule has 3 fully saturated rings. The number of rotatable bonds is 5. The summed E-state index contributed by atoms with van der Waals surface area (Å²) in [5.41, 5.74) is 8.63. The lowest BCUT2D eigenvalue weighted by Crippen LogP contribution is -2.34. The molecule has 0 aromatic heterocycles. The van der Waals surface area contributed by atoms with Crippen molar-refractivity contribution in [1.82, 2.24) is 4.90 Å². The van der Waals surface area contributed by atoms with Crippen LogP contribution in [0.15, 0.2) is 24.3 Å². The molecule has 21 heavy (non-hydrogen) atoms. The molecule has 0 aliphatic heterocycles. The molecule has 0 spiro atoms. The summed E-state index contributed by atoms with van der Waals surface area (Å²) >= 11 is 0. The van der Waals surface area contributed by atoms with Crippen LogP contribution >= 0.6 is 0 Å². The molecule has 3 aliphatic carbocycles. The summed E-state index contributed by atoms with van der Waals surface area (Å²) in [7, 11) is 2.34. The van der Waals surface area contributed by atoms with Crippen LogP contribution in [0, 0.1) is 17.8 Å². The Labute approximate surface area is 128 Å². The maximum atomic E-state index is 5.82. The Morgan fingerprint density at radius 3 is 2.48 bits per heavy atom. The van der Waals surface area contributed by atoms with E-state index in [9.17, 15) is 0 Å². The van der Waals surface area contributed by atoms with Crippen molar-refractivity contribution < 1.29 is 0 Å². The van der Waals surface area contributed by atoms with Gasteiger partial charge in [-0.15, -0.1) is 0 Å². The first kappa shape index (κ1) is 13.6. The molecule has 1 aromatic rings. The van der Waals surface area contributed by atoms with Gasteiger partial charge in [-0.2, -0.15) is 0 Å². The molecular formula is C19H28N2. The van der Waals surface area contributed by atoms with Gasteiger partial charge in [0.15, 0.2) is 0 Å². The number of likely N-dealkylation sites (N-methyl/N-ethyl adjacent to an activating group) is 1. The molecule has 1 aromatic carbocycles. The summed E-state index contributed by atoms with van der Waals surface area (Å²) in [4.78, 5) is 2.62. The Bertz CT molecular complexity index is 503. The Morgan fingerprint density at radius 2 is 1.90 bits per heavy atom. The van der Waals surface area contributed by atoms with Crippen LogP contribution in [-0.4, -0.2) is 25.0 Å². The van der Waals surface area contributed by atoms with Crippen molar-refractivity contribution in [2.24, 2.45) is 17.8 Å². The highest BCUT2D eigenvalue weighted by molar-refractivity contribution is 5.43. The second kappa shape index (κ2) is 5.01. The fourth-order valence-corrected chi connectivity index (χ4v) is 5.11. The van der Waals surface area contributed by atoms with Crippen molar-refractivity contribution in [2.45, 2.75) is 43.9 Å². The SMILES string of the molecule is CN(CC1CC2CCC1C2)CC1(c2ccc(N)cc2)CC1. The molecule has 3 saturated carbocycles. The molecular weight excluding hydrogens is 256 g/mol. The van der Waals surface area contributed by atoms with Gasteiger partial charge >= 0.3 is 0 Å². The molecule has 114 valence electrons. The standard InChI is InChI=1S/C19H28N2/c1-21(12-16-11-14-2-3-15(16)10-14)13-19(8-9-19)17-4-6-18(20)7-5-17/h4-7,14-16H,2-3,8-13,20H2,1H3. The van der Waals surface area contributed by atoms with Crippen LogP contribution in [-0.2, 0) is 5.41 Å². The molecule has 2 nitrogen and oxygen atoms in total. The average Bonchev–Trinajstić information content (AvgIpc) is 2.94. The van der Waals surface area contributed by atoms with Gasteiger partial charge in [-0.05, 0) is 74.6 Å². The van der Waals surface area contributed by atoms with E-state index in [1.165, 1.54) is 57.2 Å². The summed E-state index contributed by atoms with van der Waals surface area (Å²) in [6.45, 7) is 2.54. The molecule has 3 unspecified atom stereocenters. The predicted molar refractivity (Wildman–Crippen MR) is 88.2 cm³/mol. The van der Waals surface area contributed by atoms with Gasteiger partial charge in [-0.25, -0.2) is 0 Å². The zero-order valence-electron chi connectivity index (χ0n) is 13.2. The van der Waals surface area contributed by atoms with Crippen molar-refractivity contribution >= 4 is 5.69 Å². The molecule has 3 aliphatic rings. The topological polar surface area (TPSA) is 29.3 Å². The summed E-state index contributed by atoms with van der Waals surface area (Å²) in [5.74, 6) is 3.10. The van der Waals surface area contributed by atoms with E-state index in [2.05, 4.69) is 36.2 Å². The summed E-state index contributed by atoms with van der Waals surface area (Å²) in [6, 6.07) is 8.61. The third-order valence-corrected chi connectivity index (χ3v) is 6.38. The molecule has 0 saturated heterocycles. The third-order valence-electron chi connectivity index (χ3n) is 6.38. The van der Waals surface area contributed by atoms with Gasteiger partial charge < -0.3 is 10.6 Å². The minimum atomic E-state index is 0.431. The van der Waals surface area contributed by atoms with E-state index in [0.29, 0.717) is 5.41 Å². The van der Waals surface area contributed by atoms with Crippen LogP contribution in [0.25, 0.3) is 0 Å². The number of nitrogens with two attached hydrogens (primary N) is 1. The first-order chi connectivity index (χ1) is 10.1. The third kappa shape index (κ3) is 2.59. The lowest BCUT2D eigenvalue weighted by molar-refractivity contribution is 0.207. The number of benzene rings is 1. The zero-order valence-corrected chi connectivity index (χ0v) is 13.2. The fraction of sp³-hybridized carbons (Fsp3) is 0.684. The highest BCUT2D eigenvalue weighted by Gasteiger charge is 2.46. The van der Waals surface area contributed by atoms with Crippen LogP contribution in [0.4, 0.5) is 5.69 Å². The van der Waals surface area contributed by atoms with Gasteiger partial charge in [0.05, 0.1) is 0 Å². The molecule has 0 radical (unpaired) electrons. The highest BCUT2D eigenvalue weighted by Crippen LogP contribution is 2.51. The first-order valence-electron chi connectivity index (χ1n) is 8.69. The number of anilines is 1. The fourth-order valence-electron chi connectivity index (χ4n) is 5.11. The number of hydrogen-bond donors (Lipinski definition) is 1. The largest absolute Gasteiger partial charge is 0.399 e. The lowest BCUT2D eigenvalue weighted by atomic mass is 9.88. The normalized spacial score (nSPS) is 32.8. The number of hydrogen-bond acceptors (Lipinski definition) is 2. The molecule has 2 N–H and O–H groups in total. The highest BCUT2D eigenvalue weighted by atomic mass is 15.1. The van der Waals surface area contributed by atoms with E-state index < -0.39 is 0 Å². The van der Waals surface area contributed by atoms with Crippen molar-refractivity contribution in [3.63, 3.8) is 0 Å². The van der Waals surface area contributed by atoms with Gasteiger partial charge in [0.25, 0.3) is 0 Å². The Hall–Kier alpha value is -1.02. The predicted octanol–water partition coefficient (Wildman–Crippen LogP) is 3.67. The summed E-state index contributed by atoms with van der Waals surface area (Å²) in [5, 5.41) is 0. The smallest absolute Gasteiger partial charge is 0.0314 e. The molecule has 2 bridgehead atoms. The Balaban J connectivity index is 1.38. The van der Waals surface area contributed by atoms with Crippen LogP contribution in [0.5, 0.6) is 0 Å². The van der Waals surface area contributed by atoms with E-state index in [4.69, 9.17) is 5.73 Å². The van der Waals surface area contributed by atoms with Crippen molar-refractivity contribution in [1.29, 1.82) is 0 Å². The second-order valence-corrected chi connectivity index (χ2v) is 8.03. The van der Waals surface area contributed by atoms with E-state index >= 15 is 0 Å². The Morgan fingerprint density at radius 1 is 1.14 bits per heavy atom. The van der Waals surface area contributed by atoms with E-state index in [1.54, 1.807) is 0 Å². The first-order valence-corrected chi connectivity index (χ1v) is 8.69. The molecule has 3 atom stereocenters. The van der Waals surface area contributed by atoms with E-state index in [-0.39, 0.29) is 0 Å². The van der Waals surface area contributed by atoms with Crippen molar-refractivity contribution in [3.8, 4) is 0 Å². The maximum Gasteiger partial charge on any atom is 0.0314 e. The quantitative estimate of drug-likeness (QED) is 0.836. The monoisotopic (exact) mass is 284 g/mol. The van der Waals surface area contributed by atoms with E-state index in [0.717, 1.165) is 23.4 Å². The molecule has 4 rings (SSSR count). The van der Waals surface area contributed by atoms with Crippen LogP contribution < -0.4 is 5.73 Å². The Kier molecular flexibility index (Phi) is 3.25. The van der Waals surface area contributed by atoms with Gasteiger partial charge in [0.1, 0.15) is 0 Å². The van der Waals surface area contributed by atoms with Gasteiger partial charge in [0, 0.05) is 24.2 Å². The summed E-state index contributed by atoms with van der Waals surface area (Å²) < 4.78 is 0. The summed E-state index contributed by atoms with van der Waals surface area (Å²) in [6.07, 6.45) is 8.74. The van der Waals surface area contributed by atoms with E-state index in [1.807, 2.05) is 0 Å². The second-order valence-electron chi connectivity index (χ2n) is 8.03. The minimum absolute atomic E-state index is 0.431. The maximum absolute atomic E-state index is 5.82. The van der Waals surface area contributed by atoms with Gasteiger partial charge in [-0.1, -0.05) is 18.6 Å². The molecule has 0 heterocycles. The van der Waals surface area contributed by atoms with Gasteiger partial charge in [-0.3, -0.25) is 0 Å². The zero-order chi connectivity index (χ0) is 14.4. The van der Waals surface area contributed by atoms with Gasteiger partial charge in [0.2, 0.25) is 0 Å². The molecule has 0 amide bonds. The number of nitrogen functional groups attached to an aromatic ring is 1. The van der Waals surface area contributed by atoms with Crippen LogP contribution in [0.2, 0.25) is 0 Å². The number of nitrogens with zero attached hydrogens (tertiary/aromatic N) is 1. The lowest BCUT2D eigenvalue weighted by Gasteiger charge is -2.30. The minimum Gasteiger partial charge on any atom is -0.399 e. The number of fused-ring (bicyclic) bond motifs is 2. The van der Waals surface area contributed by atoms with Crippen LogP contribution in [0.1, 0.15) is 44.1 Å². The van der Waals surface area contributed by atoms with Crippen molar-refractivity contribution in [3.05, 3.63) is 29.8 Å². The van der Waals surface area contributed by atoms with Crippen LogP contribution in [0.3, 0.4) is 0 Å². The molecule has 2 heteroatoms. The average molecular weight is 284 g/mol.